The number of carbonyl (C=O) groups is 3. The SMILES string of the molecule is COC(=O)O[C@@H]1[C@@H](OC(=O)OC)[C@H](OC(=O)OC)CS[C@H]1O. The molecule has 22 heavy (non-hydrogen) atoms. The van der Waals surface area contributed by atoms with E-state index < -0.39 is 42.2 Å². The molecule has 10 nitrogen and oxygen atoms in total. The molecule has 1 fully saturated rings. The van der Waals surface area contributed by atoms with Crippen LogP contribution in [0, 0.1) is 0 Å². The van der Waals surface area contributed by atoms with Crippen LogP contribution < -0.4 is 0 Å². The number of hydrogen-bond acceptors (Lipinski definition) is 11. The number of hydrogen-bond donors (Lipinski definition) is 1. The molecule has 1 rings (SSSR count). The van der Waals surface area contributed by atoms with Crippen LogP contribution in [-0.2, 0) is 28.4 Å². The van der Waals surface area contributed by atoms with Gasteiger partial charge in [-0.3, -0.25) is 0 Å². The molecule has 1 aliphatic rings. The average molecular weight is 340 g/mol. The van der Waals surface area contributed by atoms with Crippen molar-refractivity contribution in [1.29, 1.82) is 0 Å². The van der Waals surface area contributed by atoms with E-state index >= 15 is 0 Å². The first-order valence-electron chi connectivity index (χ1n) is 5.96. The molecule has 0 amide bonds. The Labute approximate surface area is 129 Å². The van der Waals surface area contributed by atoms with Crippen LogP contribution in [0.5, 0.6) is 0 Å². The van der Waals surface area contributed by atoms with Gasteiger partial charge >= 0.3 is 18.5 Å². The van der Waals surface area contributed by atoms with Crippen LogP contribution in [0.3, 0.4) is 0 Å². The number of ether oxygens (including phenoxy) is 6. The fourth-order valence-electron chi connectivity index (χ4n) is 1.62. The Morgan fingerprint density at radius 2 is 1.32 bits per heavy atom. The zero-order valence-corrected chi connectivity index (χ0v) is 12.9. The lowest BCUT2D eigenvalue weighted by Gasteiger charge is -2.37. The monoisotopic (exact) mass is 340 g/mol. The van der Waals surface area contributed by atoms with E-state index in [1.165, 1.54) is 0 Å². The minimum atomic E-state index is -1.32. The van der Waals surface area contributed by atoms with Crippen molar-refractivity contribution in [1.82, 2.24) is 0 Å². The third kappa shape index (κ3) is 4.84. The Bertz CT molecular complexity index is 414. The Hall–Kier alpha value is -1.88. The molecule has 0 radical (unpaired) electrons. The number of rotatable bonds is 3. The van der Waals surface area contributed by atoms with Crippen LogP contribution in [0.4, 0.5) is 14.4 Å². The predicted octanol–water partition coefficient (Wildman–Crippen LogP) is 0.506. The van der Waals surface area contributed by atoms with Gasteiger partial charge in [0.15, 0.2) is 18.3 Å². The maximum Gasteiger partial charge on any atom is 0.508 e. The average Bonchev–Trinajstić information content (AvgIpc) is 2.52. The molecule has 126 valence electrons. The van der Waals surface area contributed by atoms with Crippen LogP contribution in [0.2, 0.25) is 0 Å². The molecule has 4 atom stereocenters. The van der Waals surface area contributed by atoms with Gasteiger partial charge in [-0.15, -0.1) is 11.8 Å². The molecule has 1 N–H and O–H groups in total. The van der Waals surface area contributed by atoms with Crippen LogP contribution in [-0.4, -0.2) is 74.4 Å². The van der Waals surface area contributed by atoms with Crippen molar-refractivity contribution in [3.8, 4) is 0 Å². The van der Waals surface area contributed by atoms with E-state index in [-0.39, 0.29) is 5.75 Å². The zero-order valence-electron chi connectivity index (χ0n) is 12.0. The lowest BCUT2D eigenvalue weighted by molar-refractivity contribution is -0.119. The smallest absolute Gasteiger partial charge is 0.438 e. The second kappa shape index (κ2) is 8.54. The number of aliphatic hydroxyl groups is 1. The summed E-state index contributed by atoms with van der Waals surface area (Å²) in [6.45, 7) is 0. The third-order valence-corrected chi connectivity index (χ3v) is 3.75. The van der Waals surface area contributed by atoms with Crippen LogP contribution in [0.1, 0.15) is 0 Å². The van der Waals surface area contributed by atoms with E-state index in [4.69, 9.17) is 14.2 Å². The normalized spacial score (nSPS) is 27.3. The van der Waals surface area contributed by atoms with Gasteiger partial charge in [0.05, 0.1) is 21.3 Å². The van der Waals surface area contributed by atoms with Gasteiger partial charge in [-0.25, -0.2) is 14.4 Å². The van der Waals surface area contributed by atoms with E-state index in [1.54, 1.807) is 0 Å². The van der Waals surface area contributed by atoms with E-state index in [2.05, 4.69) is 14.2 Å². The van der Waals surface area contributed by atoms with Crippen molar-refractivity contribution in [3.63, 3.8) is 0 Å². The molecule has 0 unspecified atom stereocenters. The highest BCUT2D eigenvalue weighted by Crippen LogP contribution is 2.31. The van der Waals surface area contributed by atoms with E-state index in [0.29, 0.717) is 0 Å². The summed E-state index contributed by atoms with van der Waals surface area (Å²) in [5.41, 5.74) is -1.22. The summed E-state index contributed by atoms with van der Waals surface area (Å²) >= 11 is 0.936. The third-order valence-electron chi connectivity index (χ3n) is 2.61. The van der Waals surface area contributed by atoms with Gasteiger partial charge < -0.3 is 33.5 Å². The van der Waals surface area contributed by atoms with E-state index in [9.17, 15) is 19.5 Å². The summed E-state index contributed by atoms with van der Waals surface area (Å²) in [6, 6.07) is 0. The minimum Gasteiger partial charge on any atom is -0.438 e. The van der Waals surface area contributed by atoms with Crippen LogP contribution in [0.25, 0.3) is 0 Å². The van der Waals surface area contributed by atoms with Gasteiger partial charge in [0.2, 0.25) is 0 Å². The maximum atomic E-state index is 11.3. The van der Waals surface area contributed by atoms with E-state index in [0.717, 1.165) is 33.1 Å². The fourth-order valence-corrected chi connectivity index (χ4v) is 2.66. The molecular formula is C11H16O10S. The summed E-state index contributed by atoms with van der Waals surface area (Å²) < 4.78 is 27.8. The Morgan fingerprint density at radius 3 is 1.82 bits per heavy atom. The van der Waals surface area contributed by atoms with E-state index in [1.807, 2.05) is 0 Å². The Kier molecular flexibility index (Phi) is 7.05. The van der Waals surface area contributed by atoms with Crippen molar-refractivity contribution < 1.29 is 47.9 Å². The first-order valence-corrected chi connectivity index (χ1v) is 7.01. The highest BCUT2D eigenvalue weighted by atomic mass is 32.2. The maximum absolute atomic E-state index is 11.3. The molecular weight excluding hydrogens is 324 g/mol. The minimum absolute atomic E-state index is 0.0823. The summed E-state index contributed by atoms with van der Waals surface area (Å²) in [4.78, 5) is 33.8. The second-order valence-corrected chi connectivity index (χ2v) is 5.06. The van der Waals surface area contributed by atoms with Crippen molar-refractivity contribution in [3.05, 3.63) is 0 Å². The molecule has 0 spiro atoms. The summed E-state index contributed by atoms with van der Waals surface area (Å²) in [7, 11) is 3.25. The lowest BCUT2D eigenvalue weighted by Crippen LogP contribution is -2.54. The topological polar surface area (TPSA) is 127 Å². The zero-order chi connectivity index (χ0) is 16.7. The number of carbonyl (C=O) groups excluding carboxylic acids is 3. The number of aliphatic hydroxyl groups excluding tert-OH is 1. The molecule has 11 heteroatoms. The molecule has 0 aliphatic carbocycles. The summed E-state index contributed by atoms with van der Waals surface area (Å²) in [5.74, 6) is 0.0823. The molecule has 0 saturated carbocycles. The summed E-state index contributed by atoms with van der Waals surface area (Å²) in [5, 5.41) is 9.90. The van der Waals surface area contributed by atoms with Crippen molar-refractivity contribution >= 4 is 30.2 Å². The summed E-state index contributed by atoms with van der Waals surface area (Å²) in [6.07, 6.45) is -6.84. The lowest BCUT2D eigenvalue weighted by atomic mass is 10.1. The quantitative estimate of drug-likeness (QED) is 0.570. The first-order chi connectivity index (χ1) is 10.4. The molecule has 0 aromatic heterocycles. The largest absolute Gasteiger partial charge is 0.508 e. The van der Waals surface area contributed by atoms with Crippen LogP contribution >= 0.6 is 11.8 Å². The van der Waals surface area contributed by atoms with Gasteiger partial charge in [0.1, 0.15) is 5.44 Å². The van der Waals surface area contributed by atoms with Gasteiger partial charge in [0.25, 0.3) is 0 Å². The standard InChI is InChI=1S/C11H16O10S/c1-16-9(13)19-5-4-22-8(12)7(21-11(15)18-3)6(5)20-10(14)17-2/h5-8,12H,4H2,1-3H3/t5-,6+,7-,8-/m1/s1. The number of methoxy groups -OCH3 is 3. The van der Waals surface area contributed by atoms with Crippen LogP contribution in [0.15, 0.2) is 0 Å². The molecule has 0 aromatic carbocycles. The Balaban J connectivity index is 2.92. The van der Waals surface area contributed by atoms with Crippen molar-refractivity contribution in [2.75, 3.05) is 27.1 Å². The molecule has 0 bridgehead atoms. The molecule has 0 aromatic rings. The van der Waals surface area contributed by atoms with Crippen molar-refractivity contribution in [2.24, 2.45) is 0 Å². The van der Waals surface area contributed by atoms with Gasteiger partial charge in [-0.1, -0.05) is 0 Å². The second-order valence-electron chi connectivity index (χ2n) is 3.91. The van der Waals surface area contributed by atoms with Gasteiger partial charge in [-0.05, 0) is 0 Å². The van der Waals surface area contributed by atoms with Gasteiger partial charge in [-0.2, -0.15) is 0 Å². The fraction of sp³-hybridized carbons (Fsp3) is 0.727. The molecule has 1 saturated heterocycles. The predicted molar refractivity (Wildman–Crippen MR) is 70.3 cm³/mol. The Morgan fingerprint density at radius 1 is 0.864 bits per heavy atom. The van der Waals surface area contributed by atoms with Gasteiger partial charge in [0, 0.05) is 5.75 Å². The number of thioether (sulfide) groups is 1. The molecule has 1 aliphatic heterocycles. The van der Waals surface area contributed by atoms with Crippen molar-refractivity contribution in [2.45, 2.75) is 23.7 Å². The highest BCUT2D eigenvalue weighted by Gasteiger charge is 2.47. The molecule has 1 heterocycles. The highest BCUT2D eigenvalue weighted by molar-refractivity contribution is 7.99. The first kappa shape index (κ1) is 18.2.